The predicted molar refractivity (Wildman–Crippen MR) is 191 cm³/mol. The highest BCUT2D eigenvalue weighted by atomic mass is 16.3. The van der Waals surface area contributed by atoms with E-state index >= 15 is 0 Å². The van der Waals surface area contributed by atoms with Crippen LogP contribution >= 0.6 is 0 Å². The highest BCUT2D eigenvalue weighted by Gasteiger charge is 2.39. The fraction of sp³-hybridized carbons (Fsp3) is 0.641. The number of carbonyl (C=O) groups excluding carboxylic acids is 2. The van der Waals surface area contributed by atoms with Crippen LogP contribution in [-0.4, -0.2) is 98.4 Å². The molecule has 8 heteroatoms. The molecule has 0 aliphatic carbocycles. The molecule has 4 N–H and O–H groups in total. The maximum Gasteiger partial charge on any atom is 0.155 e. The molecule has 0 spiro atoms. The van der Waals surface area contributed by atoms with E-state index in [9.17, 15) is 30.0 Å². The number of likely N-dealkylation sites (N-methyl/N-ethyl adjacent to an activating group) is 2. The highest BCUT2D eigenvalue weighted by Crippen LogP contribution is 2.29. The Labute approximate surface area is 284 Å². The summed E-state index contributed by atoms with van der Waals surface area (Å²) < 4.78 is 0. The van der Waals surface area contributed by atoms with Crippen molar-refractivity contribution >= 4 is 11.6 Å². The summed E-state index contributed by atoms with van der Waals surface area (Å²) in [5.41, 5.74) is 1.77. The normalized spacial score (nSPS) is 17.2. The lowest BCUT2D eigenvalue weighted by atomic mass is 9.84. The minimum Gasteiger partial charge on any atom is -0.392 e. The summed E-state index contributed by atoms with van der Waals surface area (Å²) in [6.45, 7) is 19.0. The number of aliphatic hydroxyl groups excluding tert-OH is 4. The fourth-order valence-electron chi connectivity index (χ4n) is 5.53. The molecule has 0 saturated carbocycles. The molecular formula is C39H64N2O6. The van der Waals surface area contributed by atoms with Gasteiger partial charge in [-0.05, 0) is 59.3 Å². The molecule has 2 rings (SSSR count). The standard InChI is InChI=1S/C20H33NO3.C19H31NO3/c1-13(2)19(23)18(21(6)14(3)4)20(24)15(5)17(22)12-16-10-8-7-9-11-16;1-12(2)17(21)16(20(6)13(3)4)19(23)14(5)18(22)15-10-8-7-9-11-15/h7-11,13-15,17-18,20,22,24H,12H2,1-6H3;7-14,16,18-19,22-23H,1-6H3/t15-,17?,18-,20-;14-,16-,18?,19-/m11/s1. The first kappa shape index (κ1) is 42.6. The topological polar surface area (TPSA) is 122 Å². The molecule has 0 aliphatic heterocycles. The Morgan fingerprint density at radius 1 is 0.574 bits per heavy atom. The number of ketones is 2. The second kappa shape index (κ2) is 20.1. The van der Waals surface area contributed by atoms with Crippen molar-refractivity contribution in [3.63, 3.8) is 0 Å². The van der Waals surface area contributed by atoms with Crippen molar-refractivity contribution in [1.29, 1.82) is 0 Å². The monoisotopic (exact) mass is 656 g/mol. The van der Waals surface area contributed by atoms with Crippen molar-refractivity contribution in [2.24, 2.45) is 23.7 Å². The number of rotatable bonds is 17. The summed E-state index contributed by atoms with van der Waals surface area (Å²) in [7, 11) is 3.70. The van der Waals surface area contributed by atoms with E-state index in [4.69, 9.17) is 0 Å². The largest absolute Gasteiger partial charge is 0.392 e. The molecular weight excluding hydrogens is 592 g/mol. The summed E-state index contributed by atoms with van der Waals surface area (Å²) in [6, 6.07) is 18.0. The van der Waals surface area contributed by atoms with Gasteiger partial charge in [-0.3, -0.25) is 19.4 Å². The maximum absolute atomic E-state index is 12.6. The fourth-order valence-corrected chi connectivity index (χ4v) is 5.53. The Bertz CT molecular complexity index is 1170. The minimum absolute atomic E-state index is 0.000752. The van der Waals surface area contributed by atoms with Crippen molar-refractivity contribution in [2.75, 3.05) is 14.1 Å². The molecule has 2 aromatic carbocycles. The van der Waals surface area contributed by atoms with Crippen LogP contribution in [0.3, 0.4) is 0 Å². The summed E-state index contributed by atoms with van der Waals surface area (Å²) >= 11 is 0. The number of benzene rings is 2. The summed E-state index contributed by atoms with van der Waals surface area (Å²) in [6.07, 6.45) is -2.90. The van der Waals surface area contributed by atoms with Gasteiger partial charge < -0.3 is 20.4 Å². The first-order valence-electron chi connectivity index (χ1n) is 17.2. The second-order valence-electron chi connectivity index (χ2n) is 14.3. The Balaban J connectivity index is 0.000000470. The molecule has 0 bridgehead atoms. The van der Waals surface area contributed by atoms with Gasteiger partial charge in [0.05, 0.1) is 36.5 Å². The molecule has 8 nitrogen and oxygen atoms in total. The van der Waals surface area contributed by atoms with Gasteiger partial charge in [0.25, 0.3) is 0 Å². The summed E-state index contributed by atoms with van der Waals surface area (Å²) in [5, 5.41) is 42.8. The molecule has 0 aromatic heterocycles. The lowest BCUT2D eigenvalue weighted by Gasteiger charge is -2.38. The van der Waals surface area contributed by atoms with Gasteiger partial charge in [-0.25, -0.2) is 0 Å². The molecule has 47 heavy (non-hydrogen) atoms. The van der Waals surface area contributed by atoms with Crippen LogP contribution in [0.1, 0.15) is 86.5 Å². The molecule has 8 atom stereocenters. The second-order valence-corrected chi connectivity index (χ2v) is 14.3. The van der Waals surface area contributed by atoms with Gasteiger partial charge in [0.1, 0.15) is 0 Å². The lowest BCUT2D eigenvalue weighted by Crippen LogP contribution is -2.54. The van der Waals surface area contributed by atoms with Crippen LogP contribution in [0.5, 0.6) is 0 Å². The molecule has 0 fully saturated rings. The van der Waals surface area contributed by atoms with Gasteiger partial charge in [0.2, 0.25) is 0 Å². The third kappa shape index (κ3) is 12.5. The van der Waals surface area contributed by atoms with Gasteiger partial charge in [0.15, 0.2) is 11.6 Å². The molecule has 0 aliphatic rings. The van der Waals surface area contributed by atoms with Crippen molar-refractivity contribution in [3.8, 4) is 0 Å². The van der Waals surface area contributed by atoms with Crippen LogP contribution < -0.4 is 0 Å². The van der Waals surface area contributed by atoms with Gasteiger partial charge in [-0.15, -0.1) is 0 Å². The molecule has 2 aromatic rings. The zero-order chi connectivity index (χ0) is 36.2. The van der Waals surface area contributed by atoms with Gasteiger partial charge in [0, 0.05) is 35.8 Å². The lowest BCUT2D eigenvalue weighted by molar-refractivity contribution is -0.136. The number of Topliss-reactive ketones (excluding diaryl/α,β-unsaturated/α-hetero) is 2. The van der Waals surface area contributed by atoms with E-state index in [2.05, 4.69) is 0 Å². The average molecular weight is 657 g/mol. The zero-order valence-corrected chi connectivity index (χ0v) is 30.9. The number of aliphatic hydroxyl groups is 4. The van der Waals surface area contributed by atoms with Crippen molar-refractivity contribution < 1.29 is 30.0 Å². The SMILES string of the molecule is CC(C)C(=O)[C@H]([C@H](O)[C@H](C)C(O)Cc1ccccc1)N(C)C(C)C.CC(C)C(=O)[C@H]([C@H](O)[C@H](C)C(O)c1ccccc1)N(C)C(C)C. The highest BCUT2D eigenvalue weighted by molar-refractivity contribution is 5.87. The first-order chi connectivity index (χ1) is 21.8. The Hall–Kier alpha value is -2.46. The van der Waals surface area contributed by atoms with Crippen LogP contribution in [0.15, 0.2) is 60.7 Å². The van der Waals surface area contributed by atoms with E-state index in [-0.39, 0.29) is 35.5 Å². The summed E-state index contributed by atoms with van der Waals surface area (Å²) in [5.74, 6) is -1.18. The van der Waals surface area contributed by atoms with Crippen LogP contribution in [0.25, 0.3) is 0 Å². The zero-order valence-electron chi connectivity index (χ0n) is 30.9. The van der Waals surface area contributed by atoms with Gasteiger partial charge in [-0.2, -0.15) is 0 Å². The number of hydrogen-bond donors (Lipinski definition) is 4. The van der Waals surface area contributed by atoms with E-state index in [1.807, 2.05) is 147 Å². The smallest absolute Gasteiger partial charge is 0.155 e. The van der Waals surface area contributed by atoms with Gasteiger partial charge in [-0.1, -0.05) is 102 Å². The molecule has 266 valence electrons. The van der Waals surface area contributed by atoms with Crippen molar-refractivity contribution in [1.82, 2.24) is 9.80 Å². The van der Waals surface area contributed by atoms with Gasteiger partial charge >= 0.3 is 0 Å². The first-order valence-corrected chi connectivity index (χ1v) is 17.2. The van der Waals surface area contributed by atoms with E-state index in [0.29, 0.717) is 6.42 Å². The Morgan fingerprint density at radius 3 is 1.30 bits per heavy atom. The molecule has 2 unspecified atom stereocenters. The number of nitrogens with zero attached hydrogens (tertiary/aromatic N) is 2. The Morgan fingerprint density at radius 2 is 0.936 bits per heavy atom. The number of carbonyl (C=O) groups is 2. The van der Waals surface area contributed by atoms with Crippen molar-refractivity contribution in [3.05, 3.63) is 71.8 Å². The quantitative estimate of drug-likeness (QED) is 0.184. The van der Waals surface area contributed by atoms with E-state index in [1.165, 1.54) is 0 Å². The average Bonchev–Trinajstić information content (AvgIpc) is 3.04. The predicted octanol–water partition coefficient (Wildman–Crippen LogP) is 5.17. The van der Waals surface area contributed by atoms with Crippen LogP contribution in [0.2, 0.25) is 0 Å². The van der Waals surface area contributed by atoms with E-state index in [1.54, 1.807) is 6.92 Å². The molecule has 0 heterocycles. The number of hydrogen-bond acceptors (Lipinski definition) is 8. The van der Waals surface area contributed by atoms with E-state index < -0.39 is 48.3 Å². The third-order valence-corrected chi connectivity index (χ3v) is 9.49. The summed E-state index contributed by atoms with van der Waals surface area (Å²) in [4.78, 5) is 29.0. The van der Waals surface area contributed by atoms with Crippen LogP contribution in [-0.2, 0) is 16.0 Å². The maximum atomic E-state index is 12.6. The van der Waals surface area contributed by atoms with Crippen LogP contribution in [0, 0.1) is 23.7 Å². The van der Waals surface area contributed by atoms with Crippen LogP contribution in [0.4, 0.5) is 0 Å². The Kier molecular flexibility index (Phi) is 18.2. The molecule has 0 radical (unpaired) electrons. The minimum atomic E-state index is -0.937. The third-order valence-electron chi connectivity index (χ3n) is 9.49. The van der Waals surface area contributed by atoms with Crippen molar-refractivity contribution in [2.45, 2.75) is 124 Å². The van der Waals surface area contributed by atoms with E-state index in [0.717, 1.165) is 11.1 Å². The molecule has 0 amide bonds. The molecule has 0 saturated heterocycles.